The van der Waals surface area contributed by atoms with E-state index in [9.17, 15) is 9.59 Å². The van der Waals surface area contributed by atoms with Crippen LogP contribution in [0.3, 0.4) is 0 Å². The Morgan fingerprint density at radius 2 is 1.73 bits per heavy atom. The van der Waals surface area contributed by atoms with Gasteiger partial charge in [-0.2, -0.15) is 0 Å². The highest BCUT2D eigenvalue weighted by Crippen LogP contribution is 2.23. The van der Waals surface area contributed by atoms with Crippen molar-refractivity contribution < 1.29 is 18.8 Å². The molecule has 7 nitrogen and oxygen atoms in total. The number of thioether (sulfide) groups is 1. The minimum atomic E-state index is -0.225. The van der Waals surface area contributed by atoms with Gasteiger partial charge in [0.15, 0.2) is 0 Å². The van der Waals surface area contributed by atoms with Crippen molar-refractivity contribution in [1.29, 1.82) is 0 Å². The van der Waals surface area contributed by atoms with E-state index in [4.69, 9.17) is 9.26 Å². The van der Waals surface area contributed by atoms with Gasteiger partial charge in [-0.05, 0) is 74.1 Å². The summed E-state index contributed by atoms with van der Waals surface area (Å²) < 4.78 is 10.9. The summed E-state index contributed by atoms with van der Waals surface area (Å²) >= 11 is 1.13. The van der Waals surface area contributed by atoms with Crippen LogP contribution < -0.4 is 10.1 Å². The summed E-state index contributed by atoms with van der Waals surface area (Å²) in [4.78, 5) is 26.5. The summed E-state index contributed by atoms with van der Waals surface area (Å²) in [6, 6.07) is 14.0. The van der Waals surface area contributed by atoms with Crippen LogP contribution in [0.2, 0.25) is 0 Å². The lowest BCUT2D eigenvalue weighted by molar-refractivity contribution is 0.102. The molecule has 30 heavy (non-hydrogen) atoms. The molecule has 0 saturated heterocycles. The van der Waals surface area contributed by atoms with E-state index in [-0.39, 0.29) is 11.1 Å². The highest BCUT2D eigenvalue weighted by molar-refractivity contribution is 8.13. The van der Waals surface area contributed by atoms with E-state index in [1.165, 1.54) is 4.90 Å². The van der Waals surface area contributed by atoms with Crippen LogP contribution in [-0.2, 0) is 6.61 Å². The van der Waals surface area contributed by atoms with Gasteiger partial charge in [-0.15, -0.1) is 0 Å². The third-order valence-corrected chi connectivity index (χ3v) is 5.41. The highest BCUT2D eigenvalue weighted by Gasteiger charge is 2.11. The molecule has 1 N–H and O–H groups in total. The summed E-state index contributed by atoms with van der Waals surface area (Å²) in [6.45, 7) is 4.07. The average molecular weight is 426 g/mol. The Labute approximate surface area is 179 Å². The fourth-order valence-electron chi connectivity index (χ4n) is 2.57. The number of nitrogens with zero attached hydrogens (tertiary/aromatic N) is 2. The number of carbonyl (C=O) groups excluding carboxylic acids is 2. The molecule has 0 unspecified atom stereocenters. The third-order valence-electron chi connectivity index (χ3n) is 4.36. The number of hydrogen-bond acceptors (Lipinski definition) is 6. The average Bonchev–Trinajstić information content (AvgIpc) is 3.05. The second-order valence-electron chi connectivity index (χ2n) is 6.86. The molecule has 3 aromatic rings. The SMILES string of the molecule is Cc1noc(C)c1COc1ccc(C(=O)Nc2ccc(SC(=O)N(C)C)cc2)cc1. The number of benzene rings is 2. The van der Waals surface area contributed by atoms with E-state index in [0.717, 1.165) is 33.7 Å². The maximum absolute atomic E-state index is 12.5. The van der Waals surface area contributed by atoms with Crippen molar-refractivity contribution in [3.05, 3.63) is 71.1 Å². The fraction of sp³-hybridized carbons (Fsp3) is 0.227. The number of hydrogen-bond donors (Lipinski definition) is 1. The standard InChI is InChI=1S/C22H23N3O4S/c1-14-20(15(2)29-24-14)13-28-18-9-5-16(6-10-18)21(26)23-17-7-11-19(12-8-17)30-22(27)25(3)4/h5-12H,13H2,1-4H3,(H,23,26). The maximum atomic E-state index is 12.5. The number of anilines is 1. The van der Waals surface area contributed by atoms with Crippen LogP contribution >= 0.6 is 11.8 Å². The van der Waals surface area contributed by atoms with E-state index in [0.29, 0.717) is 23.6 Å². The third kappa shape index (κ3) is 5.42. The molecule has 0 spiro atoms. The Morgan fingerprint density at radius 3 is 2.30 bits per heavy atom. The molecule has 0 aliphatic heterocycles. The molecule has 2 aromatic carbocycles. The first kappa shape index (κ1) is 21.4. The zero-order valence-corrected chi connectivity index (χ0v) is 18.1. The lowest BCUT2D eigenvalue weighted by Gasteiger charge is -2.10. The normalized spacial score (nSPS) is 10.5. The predicted molar refractivity (Wildman–Crippen MR) is 116 cm³/mol. The minimum absolute atomic E-state index is 0.0524. The Bertz CT molecular complexity index is 1010. The maximum Gasteiger partial charge on any atom is 0.285 e. The van der Waals surface area contributed by atoms with Gasteiger partial charge in [0.05, 0.1) is 11.3 Å². The van der Waals surface area contributed by atoms with Gasteiger partial charge in [0.2, 0.25) is 0 Å². The first-order valence-electron chi connectivity index (χ1n) is 9.28. The lowest BCUT2D eigenvalue weighted by Crippen LogP contribution is -2.16. The Balaban J connectivity index is 1.56. The van der Waals surface area contributed by atoms with Crippen LogP contribution in [-0.4, -0.2) is 35.3 Å². The molecule has 3 rings (SSSR count). The van der Waals surface area contributed by atoms with E-state index in [2.05, 4.69) is 10.5 Å². The Kier molecular flexibility index (Phi) is 6.79. The fourth-order valence-corrected chi connectivity index (χ4v) is 3.22. The van der Waals surface area contributed by atoms with Gasteiger partial charge in [0.1, 0.15) is 18.1 Å². The van der Waals surface area contributed by atoms with Gasteiger partial charge in [-0.1, -0.05) is 5.16 Å². The van der Waals surface area contributed by atoms with Gasteiger partial charge < -0.3 is 19.5 Å². The van der Waals surface area contributed by atoms with Gasteiger partial charge in [0, 0.05) is 30.2 Å². The molecule has 8 heteroatoms. The molecule has 0 aliphatic carbocycles. The van der Waals surface area contributed by atoms with Crippen molar-refractivity contribution in [2.75, 3.05) is 19.4 Å². The summed E-state index contributed by atoms with van der Waals surface area (Å²) in [6.07, 6.45) is 0. The number of amides is 2. The zero-order valence-electron chi connectivity index (χ0n) is 17.3. The molecule has 0 atom stereocenters. The summed E-state index contributed by atoms with van der Waals surface area (Å²) in [7, 11) is 3.41. The van der Waals surface area contributed by atoms with Gasteiger partial charge in [-0.25, -0.2) is 0 Å². The molecule has 0 bridgehead atoms. The molecule has 2 amide bonds. The summed E-state index contributed by atoms with van der Waals surface area (Å²) in [5.74, 6) is 1.16. The number of nitrogens with one attached hydrogen (secondary N) is 1. The molecular formula is C22H23N3O4S. The van der Waals surface area contributed by atoms with Crippen molar-refractivity contribution in [3.8, 4) is 5.75 Å². The van der Waals surface area contributed by atoms with E-state index < -0.39 is 0 Å². The number of rotatable bonds is 6. The van der Waals surface area contributed by atoms with Crippen LogP contribution in [0.25, 0.3) is 0 Å². The summed E-state index contributed by atoms with van der Waals surface area (Å²) in [5.41, 5.74) is 2.89. The van der Waals surface area contributed by atoms with Gasteiger partial charge in [0.25, 0.3) is 11.1 Å². The lowest BCUT2D eigenvalue weighted by atomic mass is 10.2. The van der Waals surface area contributed by atoms with Crippen molar-refractivity contribution in [1.82, 2.24) is 10.1 Å². The molecule has 156 valence electrons. The van der Waals surface area contributed by atoms with Crippen molar-refractivity contribution >= 4 is 28.6 Å². The first-order chi connectivity index (χ1) is 14.3. The quantitative estimate of drug-likeness (QED) is 0.566. The Morgan fingerprint density at radius 1 is 1.07 bits per heavy atom. The monoisotopic (exact) mass is 425 g/mol. The number of ether oxygens (including phenoxy) is 1. The number of aryl methyl sites for hydroxylation is 2. The van der Waals surface area contributed by atoms with Gasteiger partial charge >= 0.3 is 0 Å². The van der Waals surface area contributed by atoms with Gasteiger partial charge in [-0.3, -0.25) is 9.59 Å². The van der Waals surface area contributed by atoms with Crippen molar-refractivity contribution in [2.24, 2.45) is 0 Å². The van der Waals surface area contributed by atoms with Crippen molar-refractivity contribution in [3.63, 3.8) is 0 Å². The first-order valence-corrected chi connectivity index (χ1v) is 10.1. The summed E-state index contributed by atoms with van der Waals surface area (Å²) in [5, 5.41) is 6.70. The molecule has 1 aromatic heterocycles. The van der Waals surface area contributed by atoms with Crippen LogP contribution in [0, 0.1) is 13.8 Å². The second kappa shape index (κ2) is 9.49. The second-order valence-corrected chi connectivity index (χ2v) is 7.88. The molecule has 0 fully saturated rings. The van der Waals surface area contributed by atoms with E-state index in [1.807, 2.05) is 13.8 Å². The molecule has 1 heterocycles. The van der Waals surface area contributed by atoms with E-state index in [1.54, 1.807) is 62.6 Å². The smallest absolute Gasteiger partial charge is 0.285 e. The molecule has 0 aliphatic rings. The van der Waals surface area contributed by atoms with Crippen LogP contribution in [0.1, 0.15) is 27.4 Å². The van der Waals surface area contributed by atoms with E-state index >= 15 is 0 Å². The molecule has 0 radical (unpaired) electrons. The van der Waals surface area contributed by atoms with Crippen LogP contribution in [0.5, 0.6) is 5.75 Å². The van der Waals surface area contributed by atoms with Crippen LogP contribution in [0.15, 0.2) is 57.9 Å². The zero-order chi connectivity index (χ0) is 21.7. The largest absolute Gasteiger partial charge is 0.489 e. The molecular weight excluding hydrogens is 402 g/mol. The minimum Gasteiger partial charge on any atom is -0.489 e. The molecule has 0 saturated carbocycles. The van der Waals surface area contributed by atoms with Crippen molar-refractivity contribution in [2.45, 2.75) is 25.3 Å². The predicted octanol–water partition coefficient (Wildman–Crippen LogP) is 4.90. The highest BCUT2D eigenvalue weighted by atomic mass is 32.2. The topological polar surface area (TPSA) is 84.7 Å². The Hall–Kier alpha value is -3.26. The van der Waals surface area contributed by atoms with Crippen LogP contribution in [0.4, 0.5) is 10.5 Å². The number of aromatic nitrogens is 1. The number of carbonyl (C=O) groups is 2.